The van der Waals surface area contributed by atoms with Gasteiger partial charge in [-0.05, 0) is 31.9 Å². The van der Waals surface area contributed by atoms with Crippen LogP contribution in [0.4, 0.5) is 5.82 Å². The third-order valence-electron chi connectivity index (χ3n) is 4.21. The summed E-state index contributed by atoms with van der Waals surface area (Å²) in [5.41, 5.74) is 4.20. The van der Waals surface area contributed by atoms with Crippen molar-refractivity contribution in [3.05, 3.63) is 46.8 Å². The molecule has 8 heteroatoms. The summed E-state index contributed by atoms with van der Waals surface area (Å²) < 4.78 is 1.73. The molecule has 0 fully saturated rings. The van der Waals surface area contributed by atoms with Crippen LogP contribution in [0.5, 0.6) is 0 Å². The molecule has 4 heterocycles. The summed E-state index contributed by atoms with van der Waals surface area (Å²) in [5, 5.41) is 9.31. The number of pyridine rings is 1. The van der Waals surface area contributed by atoms with Crippen LogP contribution in [-0.4, -0.2) is 36.1 Å². The number of rotatable bonds is 4. The second kappa shape index (κ2) is 5.76. The number of fused-ring (bicyclic) bond motifs is 2. The maximum Gasteiger partial charge on any atom is 0.254 e. The minimum atomic E-state index is 0.501. The van der Waals surface area contributed by atoms with Crippen LogP contribution in [0.3, 0.4) is 0 Å². The number of anilines is 1. The summed E-state index contributed by atoms with van der Waals surface area (Å²) in [6.07, 6.45) is 6.11. The quantitative estimate of drug-likeness (QED) is 0.557. The van der Waals surface area contributed by atoms with E-state index in [9.17, 15) is 0 Å². The first kappa shape index (κ1) is 14.9. The maximum atomic E-state index is 6.00. The second-order valence-corrected chi connectivity index (χ2v) is 6.07. The van der Waals surface area contributed by atoms with Gasteiger partial charge in [-0.25, -0.2) is 9.97 Å². The van der Waals surface area contributed by atoms with Gasteiger partial charge < -0.3 is 10.3 Å². The lowest BCUT2D eigenvalue weighted by atomic mass is 10.1. The van der Waals surface area contributed by atoms with Gasteiger partial charge in [0.1, 0.15) is 17.3 Å². The Morgan fingerprint density at radius 2 is 2.17 bits per heavy atom. The molecule has 24 heavy (non-hydrogen) atoms. The number of H-pyrrole nitrogens is 1. The molecule has 4 aromatic rings. The Bertz CT molecular complexity index is 1030. The van der Waals surface area contributed by atoms with Gasteiger partial charge in [0, 0.05) is 29.4 Å². The van der Waals surface area contributed by atoms with Crippen LogP contribution in [0.15, 0.2) is 24.8 Å². The molecule has 0 bridgehead atoms. The predicted molar refractivity (Wildman–Crippen MR) is 93.6 cm³/mol. The fourth-order valence-corrected chi connectivity index (χ4v) is 2.97. The lowest BCUT2D eigenvalue weighted by Gasteiger charge is -2.12. The monoisotopic (exact) mass is 341 g/mol. The van der Waals surface area contributed by atoms with Gasteiger partial charge >= 0.3 is 0 Å². The third-order valence-corrected chi connectivity index (χ3v) is 4.42. The van der Waals surface area contributed by atoms with Gasteiger partial charge in [-0.2, -0.15) is 14.6 Å². The average Bonchev–Trinajstić information content (AvgIpc) is 3.17. The van der Waals surface area contributed by atoms with Crippen LogP contribution in [0.1, 0.15) is 16.8 Å². The van der Waals surface area contributed by atoms with Gasteiger partial charge in [-0.15, -0.1) is 0 Å². The fraction of sp³-hybridized carbons (Fsp3) is 0.250. The first-order valence-corrected chi connectivity index (χ1v) is 8.03. The third kappa shape index (κ3) is 2.46. The molecule has 0 aromatic carbocycles. The SMILES string of the molecule is Cc1nc2ncnn2c(NCCc2c[nH]c3cnc(Cl)cc23)c1C. The van der Waals surface area contributed by atoms with Crippen molar-refractivity contribution in [1.29, 1.82) is 0 Å². The van der Waals surface area contributed by atoms with Crippen molar-refractivity contribution in [2.24, 2.45) is 0 Å². The van der Waals surface area contributed by atoms with Gasteiger partial charge in [0.25, 0.3) is 5.78 Å². The number of nitrogens with zero attached hydrogens (tertiary/aromatic N) is 5. The van der Waals surface area contributed by atoms with Crippen molar-refractivity contribution in [2.75, 3.05) is 11.9 Å². The predicted octanol–water partition coefficient (Wildman–Crippen LogP) is 2.93. The number of aromatic nitrogens is 6. The first-order chi connectivity index (χ1) is 11.6. The first-order valence-electron chi connectivity index (χ1n) is 7.66. The van der Waals surface area contributed by atoms with Crippen molar-refractivity contribution in [2.45, 2.75) is 20.3 Å². The highest BCUT2D eigenvalue weighted by Crippen LogP contribution is 2.22. The zero-order valence-electron chi connectivity index (χ0n) is 13.3. The molecular formula is C16H16ClN7. The van der Waals surface area contributed by atoms with E-state index >= 15 is 0 Å². The Balaban J connectivity index is 1.58. The molecule has 0 amide bonds. The van der Waals surface area contributed by atoms with Crippen molar-refractivity contribution in [3.8, 4) is 0 Å². The highest BCUT2D eigenvalue weighted by molar-refractivity contribution is 6.30. The Hall–Kier alpha value is -2.67. The summed E-state index contributed by atoms with van der Waals surface area (Å²) in [6, 6.07) is 1.89. The molecule has 0 saturated heterocycles. The van der Waals surface area contributed by atoms with Crippen molar-refractivity contribution >= 4 is 34.1 Å². The van der Waals surface area contributed by atoms with E-state index in [1.165, 1.54) is 11.9 Å². The highest BCUT2D eigenvalue weighted by Gasteiger charge is 2.11. The van der Waals surface area contributed by atoms with Crippen LogP contribution in [-0.2, 0) is 6.42 Å². The molecule has 0 aliphatic carbocycles. The largest absolute Gasteiger partial charge is 0.369 e. The van der Waals surface area contributed by atoms with E-state index in [0.717, 1.165) is 40.9 Å². The number of aryl methyl sites for hydroxylation is 1. The minimum Gasteiger partial charge on any atom is -0.369 e. The molecule has 0 aliphatic heterocycles. The van der Waals surface area contributed by atoms with Gasteiger partial charge in [0.2, 0.25) is 0 Å². The molecule has 7 nitrogen and oxygen atoms in total. The van der Waals surface area contributed by atoms with Crippen molar-refractivity contribution in [3.63, 3.8) is 0 Å². The fourth-order valence-electron chi connectivity index (χ4n) is 2.82. The zero-order valence-corrected chi connectivity index (χ0v) is 14.1. The summed E-state index contributed by atoms with van der Waals surface area (Å²) in [4.78, 5) is 15.9. The topological polar surface area (TPSA) is 83.8 Å². The van der Waals surface area contributed by atoms with Crippen LogP contribution < -0.4 is 5.32 Å². The van der Waals surface area contributed by atoms with Crippen molar-refractivity contribution < 1.29 is 0 Å². The van der Waals surface area contributed by atoms with E-state index in [1.807, 2.05) is 26.1 Å². The van der Waals surface area contributed by atoms with Gasteiger partial charge in [-0.3, -0.25) is 0 Å². The summed E-state index contributed by atoms with van der Waals surface area (Å²) >= 11 is 6.00. The highest BCUT2D eigenvalue weighted by atomic mass is 35.5. The van der Waals surface area contributed by atoms with E-state index < -0.39 is 0 Å². The van der Waals surface area contributed by atoms with Crippen LogP contribution in [0, 0.1) is 13.8 Å². The lowest BCUT2D eigenvalue weighted by Crippen LogP contribution is -2.12. The van der Waals surface area contributed by atoms with E-state index in [-0.39, 0.29) is 0 Å². The normalized spacial score (nSPS) is 11.5. The molecule has 4 rings (SSSR count). The number of halogens is 1. The Morgan fingerprint density at radius 3 is 3.04 bits per heavy atom. The number of hydrogen-bond donors (Lipinski definition) is 2. The smallest absolute Gasteiger partial charge is 0.254 e. The molecule has 4 aromatic heterocycles. The standard InChI is InChI=1S/C16H16ClN7/c1-9-10(2)23-16-21-8-22-24(16)15(9)18-4-3-11-6-19-13-7-20-14(17)5-12(11)13/h5-8,18-19H,3-4H2,1-2H3. The molecule has 0 radical (unpaired) electrons. The number of hydrogen-bond acceptors (Lipinski definition) is 5. The van der Waals surface area contributed by atoms with E-state index in [1.54, 1.807) is 10.7 Å². The van der Waals surface area contributed by atoms with Crippen LogP contribution >= 0.6 is 11.6 Å². The van der Waals surface area contributed by atoms with Crippen molar-refractivity contribution in [1.82, 2.24) is 29.5 Å². The molecule has 2 N–H and O–H groups in total. The molecular weight excluding hydrogens is 326 g/mol. The van der Waals surface area contributed by atoms with Crippen LogP contribution in [0.2, 0.25) is 5.15 Å². The number of nitrogens with one attached hydrogen (secondary N) is 2. The van der Waals surface area contributed by atoms with Gasteiger partial charge in [0.15, 0.2) is 0 Å². The zero-order chi connectivity index (χ0) is 16.7. The van der Waals surface area contributed by atoms with E-state index in [0.29, 0.717) is 10.9 Å². The summed E-state index contributed by atoms with van der Waals surface area (Å²) in [7, 11) is 0. The molecule has 0 atom stereocenters. The van der Waals surface area contributed by atoms with E-state index in [2.05, 4.69) is 30.4 Å². The number of aromatic amines is 1. The Kier molecular flexibility index (Phi) is 3.57. The maximum absolute atomic E-state index is 6.00. The summed E-state index contributed by atoms with van der Waals surface area (Å²) in [6.45, 7) is 4.76. The second-order valence-electron chi connectivity index (χ2n) is 5.69. The van der Waals surface area contributed by atoms with Crippen LogP contribution in [0.25, 0.3) is 16.7 Å². The molecule has 0 saturated carbocycles. The Morgan fingerprint density at radius 1 is 1.29 bits per heavy atom. The lowest BCUT2D eigenvalue weighted by molar-refractivity contribution is 0.895. The average molecular weight is 342 g/mol. The molecule has 0 aliphatic rings. The minimum absolute atomic E-state index is 0.501. The molecule has 122 valence electrons. The van der Waals surface area contributed by atoms with Gasteiger partial charge in [-0.1, -0.05) is 11.6 Å². The molecule has 0 unspecified atom stereocenters. The van der Waals surface area contributed by atoms with Gasteiger partial charge in [0.05, 0.1) is 11.7 Å². The van der Waals surface area contributed by atoms with E-state index in [4.69, 9.17) is 11.6 Å². The molecule has 0 spiro atoms. The Labute approximate surface area is 143 Å². The summed E-state index contributed by atoms with van der Waals surface area (Å²) in [5.74, 6) is 1.53.